The van der Waals surface area contributed by atoms with E-state index in [9.17, 15) is 5.11 Å². The van der Waals surface area contributed by atoms with Gasteiger partial charge in [0.1, 0.15) is 11.3 Å². The fourth-order valence-corrected chi connectivity index (χ4v) is 1.46. The van der Waals surface area contributed by atoms with Crippen LogP contribution >= 0.6 is 15.9 Å². The minimum atomic E-state index is 0.235. The molecule has 0 aliphatic rings. The van der Waals surface area contributed by atoms with E-state index in [2.05, 4.69) is 15.9 Å². The Labute approximate surface area is 71.6 Å². The lowest BCUT2D eigenvalue weighted by molar-refractivity contribution is 0.472. The van der Waals surface area contributed by atoms with Crippen molar-refractivity contribution in [2.45, 2.75) is 0 Å². The topological polar surface area (TPSA) is 33.4 Å². The van der Waals surface area contributed by atoms with Crippen LogP contribution in [0.3, 0.4) is 0 Å². The van der Waals surface area contributed by atoms with E-state index in [0.717, 1.165) is 11.0 Å². The fraction of sp³-hybridized carbons (Fsp3) is 0. The Morgan fingerprint density at radius 1 is 1.27 bits per heavy atom. The van der Waals surface area contributed by atoms with Gasteiger partial charge in [-0.2, -0.15) is 0 Å². The minimum Gasteiger partial charge on any atom is -0.507 e. The van der Waals surface area contributed by atoms with Gasteiger partial charge < -0.3 is 9.52 Å². The van der Waals surface area contributed by atoms with Crippen LogP contribution in [0.2, 0.25) is 0 Å². The van der Waals surface area contributed by atoms with Gasteiger partial charge in [-0.3, -0.25) is 0 Å². The van der Waals surface area contributed by atoms with Crippen LogP contribution in [0.1, 0.15) is 0 Å². The number of phenols is 1. The van der Waals surface area contributed by atoms with Crippen LogP contribution in [0.5, 0.6) is 5.75 Å². The quantitative estimate of drug-likeness (QED) is 0.729. The number of rotatable bonds is 0. The van der Waals surface area contributed by atoms with E-state index in [1.165, 1.54) is 0 Å². The number of halogens is 1. The van der Waals surface area contributed by atoms with E-state index in [1.807, 2.05) is 0 Å². The van der Waals surface area contributed by atoms with Crippen LogP contribution in [0.25, 0.3) is 11.0 Å². The van der Waals surface area contributed by atoms with Crippen LogP contribution in [0.4, 0.5) is 0 Å². The zero-order valence-corrected chi connectivity index (χ0v) is 7.13. The first-order chi connectivity index (χ1) is 5.29. The third-order valence-electron chi connectivity index (χ3n) is 1.55. The van der Waals surface area contributed by atoms with E-state index < -0.39 is 0 Å². The van der Waals surface area contributed by atoms with Gasteiger partial charge in [0.05, 0.1) is 10.7 Å². The molecule has 1 N–H and O–H groups in total. The van der Waals surface area contributed by atoms with Gasteiger partial charge in [0, 0.05) is 5.39 Å². The summed E-state index contributed by atoms with van der Waals surface area (Å²) in [4.78, 5) is 0. The second kappa shape index (κ2) is 2.27. The molecule has 0 radical (unpaired) electrons. The number of hydrogen-bond donors (Lipinski definition) is 1. The second-order valence-corrected chi connectivity index (χ2v) is 3.02. The smallest absolute Gasteiger partial charge is 0.135 e. The Morgan fingerprint density at radius 3 is 2.91 bits per heavy atom. The summed E-state index contributed by atoms with van der Waals surface area (Å²) in [6, 6.07) is 5.13. The van der Waals surface area contributed by atoms with Crippen molar-refractivity contribution < 1.29 is 9.52 Å². The fourth-order valence-electron chi connectivity index (χ4n) is 0.997. The predicted octanol–water partition coefficient (Wildman–Crippen LogP) is 2.90. The summed E-state index contributed by atoms with van der Waals surface area (Å²) in [5.74, 6) is 0.235. The van der Waals surface area contributed by atoms with Crippen molar-refractivity contribution in [2.75, 3.05) is 0 Å². The Morgan fingerprint density at radius 2 is 2.09 bits per heavy atom. The average molecular weight is 213 g/mol. The molecule has 11 heavy (non-hydrogen) atoms. The lowest BCUT2D eigenvalue weighted by atomic mass is 10.2. The molecular weight excluding hydrogens is 208 g/mol. The first kappa shape index (κ1) is 6.73. The highest BCUT2D eigenvalue weighted by Gasteiger charge is 2.04. The molecule has 0 aliphatic heterocycles. The molecule has 0 saturated carbocycles. The molecule has 1 aromatic carbocycles. The standard InChI is InChI=1S/C8H5BrO2/c9-8-5-3-4-11-7(5)2-1-6(8)10/h1-4,10H. The molecule has 0 spiro atoms. The predicted molar refractivity (Wildman–Crippen MR) is 45.6 cm³/mol. The van der Waals surface area contributed by atoms with E-state index in [-0.39, 0.29) is 5.75 Å². The first-order valence-electron chi connectivity index (χ1n) is 3.14. The molecule has 0 aliphatic carbocycles. The average Bonchev–Trinajstić information content (AvgIpc) is 2.45. The molecule has 0 bridgehead atoms. The molecule has 2 nitrogen and oxygen atoms in total. The monoisotopic (exact) mass is 212 g/mol. The van der Waals surface area contributed by atoms with Crippen LogP contribution in [0, 0.1) is 0 Å². The maximum atomic E-state index is 9.25. The molecule has 2 rings (SSSR count). The van der Waals surface area contributed by atoms with Gasteiger partial charge in [0.2, 0.25) is 0 Å². The summed E-state index contributed by atoms with van der Waals surface area (Å²) < 4.78 is 5.80. The molecule has 0 atom stereocenters. The lowest BCUT2D eigenvalue weighted by Gasteiger charge is -1.95. The normalized spacial score (nSPS) is 10.6. The maximum absolute atomic E-state index is 9.25. The zero-order valence-electron chi connectivity index (χ0n) is 5.54. The zero-order chi connectivity index (χ0) is 7.84. The molecule has 0 unspecified atom stereocenters. The molecule has 3 heteroatoms. The largest absolute Gasteiger partial charge is 0.507 e. The highest BCUT2D eigenvalue weighted by atomic mass is 79.9. The van der Waals surface area contributed by atoms with Gasteiger partial charge in [0.15, 0.2) is 0 Å². The van der Waals surface area contributed by atoms with Crippen molar-refractivity contribution in [3.63, 3.8) is 0 Å². The number of hydrogen-bond acceptors (Lipinski definition) is 2. The van der Waals surface area contributed by atoms with Gasteiger partial charge in [-0.15, -0.1) is 0 Å². The van der Waals surface area contributed by atoms with E-state index in [0.29, 0.717) is 4.47 Å². The van der Waals surface area contributed by atoms with Crippen LogP contribution in [-0.2, 0) is 0 Å². The van der Waals surface area contributed by atoms with Crippen LogP contribution < -0.4 is 0 Å². The highest BCUT2D eigenvalue weighted by molar-refractivity contribution is 9.10. The SMILES string of the molecule is Oc1ccc2occc2c1Br. The van der Waals surface area contributed by atoms with Crippen LogP contribution in [0.15, 0.2) is 33.4 Å². The summed E-state index contributed by atoms with van der Waals surface area (Å²) in [5, 5.41) is 10.1. The maximum Gasteiger partial charge on any atom is 0.135 e. The summed E-state index contributed by atoms with van der Waals surface area (Å²) in [5.41, 5.74) is 0.773. The Hall–Kier alpha value is -0.960. The molecule has 0 fully saturated rings. The Balaban J connectivity index is 2.93. The van der Waals surface area contributed by atoms with E-state index >= 15 is 0 Å². The van der Waals surface area contributed by atoms with Gasteiger partial charge in [-0.1, -0.05) is 0 Å². The van der Waals surface area contributed by atoms with Crippen molar-refractivity contribution in [1.29, 1.82) is 0 Å². The minimum absolute atomic E-state index is 0.235. The molecule has 0 amide bonds. The van der Waals surface area contributed by atoms with Crippen molar-refractivity contribution in [3.05, 3.63) is 28.9 Å². The number of furan rings is 1. The van der Waals surface area contributed by atoms with E-state index in [4.69, 9.17) is 4.42 Å². The molecule has 56 valence electrons. The van der Waals surface area contributed by atoms with Gasteiger partial charge >= 0.3 is 0 Å². The summed E-state index contributed by atoms with van der Waals surface area (Å²) >= 11 is 3.25. The number of phenolic OH excluding ortho intramolecular Hbond substituents is 1. The van der Waals surface area contributed by atoms with Crippen molar-refractivity contribution in [1.82, 2.24) is 0 Å². The summed E-state index contributed by atoms with van der Waals surface area (Å²) in [6.45, 7) is 0. The Kier molecular flexibility index (Phi) is 1.39. The van der Waals surface area contributed by atoms with E-state index in [1.54, 1.807) is 24.5 Å². The van der Waals surface area contributed by atoms with Gasteiger partial charge in [-0.05, 0) is 34.1 Å². The van der Waals surface area contributed by atoms with Crippen molar-refractivity contribution in [2.24, 2.45) is 0 Å². The summed E-state index contributed by atoms with van der Waals surface area (Å²) in [6.07, 6.45) is 1.59. The number of fused-ring (bicyclic) bond motifs is 1. The third-order valence-corrected chi connectivity index (χ3v) is 2.38. The molecule has 1 aromatic heterocycles. The summed E-state index contributed by atoms with van der Waals surface area (Å²) in [7, 11) is 0. The van der Waals surface area contributed by atoms with Crippen LogP contribution in [-0.4, -0.2) is 5.11 Å². The molecule has 1 heterocycles. The Bertz CT molecular complexity index is 392. The highest BCUT2D eigenvalue weighted by Crippen LogP contribution is 2.32. The first-order valence-corrected chi connectivity index (χ1v) is 3.93. The van der Waals surface area contributed by atoms with Crippen molar-refractivity contribution in [3.8, 4) is 5.75 Å². The van der Waals surface area contributed by atoms with Gasteiger partial charge in [-0.25, -0.2) is 0 Å². The number of benzene rings is 1. The molecule has 0 saturated heterocycles. The van der Waals surface area contributed by atoms with Gasteiger partial charge in [0.25, 0.3) is 0 Å². The second-order valence-electron chi connectivity index (χ2n) is 2.23. The van der Waals surface area contributed by atoms with Crippen molar-refractivity contribution >= 4 is 26.9 Å². The molecule has 2 aromatic rings. The lowest BCUT2D eigenvalue weighted by Crippen LogP contribution is -1.68. The number of aromatic hydroxyl groups is 1. The third kappa shape index (κ3) is 0.922. The molecular formula is C8H5BrO2.